The number of halogens is 1. The Bertz CT molecular complexity index is 950. The summed E-state index contributed by atoms with van der Waals surface area (Å²) in [6, 6.07) is 5.87. The van der Waals surface area contributed by atoms with Crippen LogP contribution in [0.15, 0.2) is 39.4 Å². The molecule has 4 rings (SSSR count). The van der Waals surface area contributed by atoms with Gasteiger partial charge in [-0.05, 0) is 19.1 Å². The molecule has 0 bridgehead atoms. The van der Waals surface area contributed by atoms with Crippen molar-refractivity contribution >= 4 is 5.91 Å². The molecule has 0 N–H and O–H groups in total. The molecule has 0 atom stereocenters. The fourth-order valence-corrected chi connectivity index (χ4v) is 2.86. The molecular formula is C18H16FN3O4. The third-order valence-corrected chi connectivity index (χ3v) is 4.20. The molecular weight excluding hydrogens is 341 g/mol. The van der Waals surface area contributed by atoms with Crippen molar-refractivity contribution in [3.05, 3.63) is 64.9 Å². The normalized spacial score (nSPS) is 13.5. The molecule has 134 valence electrons. The molecule has 1 aliphatic heterocycles. The maximum absolute atomic E-state index is 13.2. The molecule has 1 aliphatic rings. The van der Waals surface area contributed by atoms with Gasteiger partial charge in [0.15, 0.2) is 6.61 Å². The zero-order chi connectivity index (χ0) is 18.1. The fraction of sp³-hybridized carbons (Fsp3) is 0.278. The lowest BCUT2D eigenvalue weighted by molar-refractivity contribution is 0.0716. The van der Waals surface area contributed by atoms with Crippen LogP contribution in [0.25, 0.3) is 0 Å². The number of hydrogen-bond acceptors (Lipinski definition) is 6. The highest BCUT2D eigenvalue weighted by Crippen LogP contribution is 2.23. The lowest BCUT2D eigenvalue weighted by Crippen LogP contribution is -2.35. The number of amides is 1. The minimum Gasteiger partial charge on any atom is -0.484 e. The number of nitrogens with zero attached hydrogens (tertiary/aromatic N) is 3. The Morgan fingerprint density at radius 2 is 2.31 bits per heavy atom. The highest BCUT2D eigenvalue weighted by atomic mass is 19.1. The molecule has 26 heavy (non-hydrogen) atoms. The van der Waals surface area contributed by atoms with Crippen LogP contribution in [0.2, 0.25) is 0 Å². The van der Waals surface area contributed by atoms with Gasteiger partial charge in [-0.3, -0.25) is 4.79 Å². The third kappa shape index (κ3) is 3.17. The Morgan fingerprint density at radius 3 is 3.08 bits per heavy atom. The Balaban J connectivity index is 1.44. The van der Waals surface area contributed by atoms with E-state index in [0.29, 0.717) is 48.2 Å². The van der Waals surface area contributed by atoms with Crippen LogP contribution in [-0.4, -0.2) is 27.5 Å². The lowest BCUT2D eigenvalue weighted by Gasteiger charge is -2.24. The molecule has 7 nitrogen and oxygen atoms in total. The predicted molar refractivity (Wildman–Crippen MR) is 86.9 cm³/mol. The lowest BCUT2D eigenvalue weighted by atomic mass is 10.1. The highest BCUT2D eigenvalue weighted by molar-refractivity contribution is 5.94. The number of hydrogen-bond donors (Lipinski definition) is 0. The largest absolute Gasteiger partial charge is 0.484 e. The molecule has 0 fully saturated rings. The topological polar surface area (TPSA) is 81.6 Å². The van der Waals surface area contributed by atoms with Crippen molar-refractivity contribution in [1.82, 2.24) is 15.0 Å². The first-order valence-corrected chi connectivity index (χ1v) is 8.16. The molecule has 3 aromatic rings. The smallest absolute Gasteiger partial charge is 0.259 e. The van der Waals surface area contributed by atoms with Crippen LogP contribution >= 0.6 is 0 Å². The summed E-state index contributed by atoms with van der Waals surface area (Å²) in [6.45, 7) is 2.65. The molecule has 0 spiro atoms. The summed E-state index contributed by atoms with van der Waals surface area (Å²) in [5, 5.41) is 3.64. The minimum absolute atomic E-state index is 0.0924. The van der Waals surface area contributed by atoms with E-state index >= 15 is 0 Å². The highest BCUT2D eigenvalue weighted by Gasteiger charge is 2.28. The van der Waals surface area contributed by atoms with Gasteiger partial charge in [0, 0.05) is 19.0 Å². The van der Waals surface area contributed by atoms with E-state index in [-0.39, 0.29) is 18.3 Å². The average molecular weight is 357 g/mol. The van der Waals surface area contributed by atoms with Gasteiger partial charge in [-0.25, -0.2) is 9.37 Å². The summed E-state index contributed by atoms with van der Waals surface area (Å²) in [4.78, 5) is 18.6. The summed E-state index contributed by atoms with van der Waals surface area (Å²) < 4.78 is 29.4. The van der Waals surface area contributed by atoms with Crippen LogP contribution in [0, 0.1) is 12.7 Å². The van der Waals surface area contributed by atoms with Crippen LogP contribution in [0.3, 0.4) is 0 Å². The van der Waals surface area contributed by atoms with E-state index in [1.807, 2.05) is 0 Å². The van der Waals surface area contributed by atoms with Crippen LogP contribution in [0.4, 0.5) is 4.39 Å². The molecule has 1 aromatic carbocycles. The van der Waals surface area contributed by atoms with Crippen LogP contribution in [0.5, 0.6) is 5.75 Å². The SMILES string of the molecule is Cc1oncc1C(=O)N1CCc2nc(COc3cccc(F)c3)oc2C1. The van der Waals surface area contributed by atoms with Gasteiger partial charge in [0.2, 0.25) is 5.89 Å². The van der Waals surface area contributed by atoms with Gasteiger partial charge in [0.05, 0.1) is 18.4 Å². The molecule has 8 heteroatoms. The van der Waals surface area contributed by atoms with E-state index in [4.69, 9.17) is 13.7 Å². The van der Waals surface area contributed by atoms with Gasteiger partial charge in [-0.2, -0.15) is 0 Å². The first kappa shape index (κ1) is 16.3. The third-order valence-electron chi connectivity index (χ3n) is 4.20. The van der Waals surface area contributed by atoms with Crippen molar-refractivity contribution in [2.75, 3.05) is 6.54 Å². The van der Waals surface area contributed by atoms with Gasteiger partial charge in [-0.1, -0.05) is 11.2 Å². The van der Waals surface area contributed by atoms with E-state index in [2.05, 4.69) is 10.1 Å². The molecule has 2 aromatic heterocycles. The monoisotopic (exact) mass is 357 g/mol. The maximum atomic E-state index is 13.2. The van der Waals surface area contributed by atoms with Gasteiger partial charge in [-0.15, -0.1) is 0 Å². The number of ether oxygens (including phenoxy) is 1. The molecule has 0 radical (unpaired) electrons. The number of aromatic nitrogens is 2. The second-order valence-electron chi connectivity index (χ2n) is 6.00. The average Bonchev–Trinajstić information content (AvgIpc) is 3.24. The zero-order valence-corrected chi connectivity index (χ0v) is 14.1. The van der Waals surface area contributed by atoms with E-state index < -0.39 is 0 Å². The number of aryl methyl sites for hydroxylation is 1. The first-order valence-electron chi connectivity index (χ1n) is 8.16. The van der Waals surface area contributed by atoms with Gasteiger partial charge >= 0.3 is 0 Å². The second-order valence-corrected chi connectivity index (χ2v) is 6.00. The van der Waals surface area contributed by atoms with Gasteiger partial charge in [0.25, 0.3) is 5.91 Å². The Morgan fingerprint density at radius 1 is 1.42 bits per heavy atom. The van der Waals surface area contributed by atoms with Crippen LogP contribution < -0.4 is 4.74 Å². The van der Waals surface area contributed by atoms with Crippen molar-refractivity contribution in [2.45, 2.75) is 26.5 Å². The molecule has 0 saturated heterocycles. The van der Waals surface area contributed by atoms with E-state index in [9.17, 15) is 9.18 Å². The molecule has 0 unspecified atom stereocenters. The summed E-state index contributed by atoms with van der Waals surface area (Å²) in [7, 11) is 0. The fourth-order valence-electron chi connectivity index (χ4n) is 2.86. The van der Waals surface area contributed by atoms with Crippen molar-refractivity contribution in [3.8, 4) is 5.75 Å². The number of rotatable bonds is 4. The van der Waals surface area contributed by atoms with Crippen molar-refractivity contribution in [2.24, 2.45) is 0 Å². The predicted octanol–water partition coefficient (Wildman–Crippen LogP) is 2.89. The molecule has 1 amide bonds. The Hall–Kier alpha value is -3.16. The van der Waals surface area contributed by atoms with Crippen molar-refractivity contribution < 1.29 is 22.9 Å². The minimum atomic E-state index is -0.368. The van der Waals surface area contributed by atoms with E-state index in [0.717, 1.165) is 5.69 Å². The number of oxazole rings is 1. The number of fused-ring (bicyclic) bond motifs is 1. The second kappa shape index (κ2) is 6.62. The van der Waals surface area contributed by atoms with Crippen LogP contribution in [-0.2, 0) is 19.6 Å². The Kier molecular flexibility index (Phi) is 4.16. The zero-order valence-electron chi connectivity index (χ0n) is 14.1. The summed E-state index contributed by atoms with van der Waals surface area (Å²) in [5.41, 5.74) is 1.26. The molecule has 0 saturated carbocycles. The first-order chi connectivity index (χ1) is 12.6. The van der Waals surface area contributed by atoms with E-state index in [1.165, 1.54) is 18.3 Å². The number of carbonyl (C=O) groups excluding carboxylic acids is 1. The van der Waals surface area contributed by atoms with Gasteiger partial charge < -0.3 is 18.6 Å². The Labute approximate surface area is 148 Å². The number of benzene rings is 1. The number of carbonyl (C=O) groups is 1. The van der Waals surface area contributed by atoms with E-state index in [1.54, 1.807) is 24.0 Å². The summed E-state index contributed by atoms with van der Waals surface area (Å²) in [6.07, 6.45) is 2.01. The summed E-state index contributed by atoms with van der Waals surface area (Å²) in [5.74, 6) is 1.41. The van der Waals surface area contributed by atoms with Crippen molar-refractivity contribution in [1.29, 1.82) is 0 Å². The quantitative estimate of drug-likeness (QED) is 0.714. The van der Waals surface area contributed by atoms with Crippen molar-refractivity contribution in [3.63, 3.8) is 0 Å². The maximum Gasteiger partial charge on any atom is 0.259 e. The molecule has 0 aliphatic carbocycles. The standard InChI is InChI=1S/C18H16FN3O4/c1-11-14(8-20-26-11)18(23)22-6-5-15-16(9-22)25-17(21-15)10-24-13-4-2-3-12(19)7-13/h2-4,7-8H,5-6,9-10H2,1H3. The van der Waals surface area contributed by atoms with Crippen LogP contribution in [0.1, 0.15) is 33.5 Å². The summed E-state index contributed by atoms with van der Waals surface area (Å²) >= 11 is 0. The van der Waals surface area contributed by atoms with Gasteiger partial charge in [0.1, 0.15) is 28.7 Å². The molecule has 3 heterocycles.